The Labute approximate surface area is 195 Å². The lowest BCUT2D eigenvalue weighted by Gasteiger charge is -2.35. The van der Waals surface area contributed by atoms with E-state index in [1.807, 2.05) is 6.07 Å². The molecule has 2 N–H and O–H groups in total. The molecule has 1 fully saturated rings. The number of hydrogen-bond donors (Lipinski definition) is 2. The van der Waals surface area contributed by atoms with Crippen LogP contribution in [0.5, 0.6) is 0 Å². The van der Waals surface area contributed by atoms with Crippen LogP contribution in [-0.4, -0.2) is 44.8 Å². The van der Waals surface area contributed by atoms with Crippen molar-refractivity contribution < 1.29 is 31.3 Å². The number of piperazine rings is 1. The Hall–Kier alpha value is -3.21. The minimum Gasteiger partial charge on any atom is -0.321 e. The molecule has 1 aliphatic rings. The normalized spacial score (nSPS) is 16.2. The zero-order chi connectivity index (χ0) is 24.3. The Bertz CT molecular complexity index is 1240. The third-order valence-corrected chi connectivity index (χ3v) is 7.75. The monoisotopic (exact) mass is 490 g/mol. The molecule has 0 bridgehead atoms. The van der Waals surface area contributed by atoms with Gasteiger partial charge in [-0.15, -0.1) is 0 Å². The topological polar surface area (TPSA) is 70.9 Å². The van der Waals surface area contributed by atoms with Crippen LogP contribution in [0.3, 0.4) is 0 Å². The van der Waals surface area contributed by atoms with Crippen molar-refractivity contribution >= 4 is 21.6 Å². The first-order chi connectivity index (χ1) is 16.3. The number of amides is 1. The molecule has 0 spiro atoms. The van der Waals surface area contributed by atoms with Gasteiger partial charge >= 0.3 is 0 Å². The fourth-order valence-corrected chi connectivity index (χ4v) is 5.68. The van der Waals surface area contributed by atoms with Crippen LogP contribution in [-0.2, 0) is 14.8 Å². The SMILES string of the molecule is O=C(Nc1ccc(F)cc1)[C@@H](c1ccccc1)[NH+]1CCN(S(=O)(=O)c2c(F)cccc2F)CC1. The minimum absolute atomic E-state index is 0.0153. The second-order valence-electron chi connectivity index (χ2n) is 7.95. The van der Waals surface area contributed by atoms with Gasteiger partial charge in [-0.3, -0.25) is 4.79 Å². The molecule has 10 heteroatoms. The van der Waals surface area contributed by atoms with Gasteiger partial charge in [0.15, 0.2) is 10.9 Å². The van der Waals surface area contributed by atoms with E-state index in [0.717, 1.165) is 33.0 Å². The molecule has 34 heavy (non-hydrogen) atoms. The molecule has 1 amide bonds. The highest BCUT2D eigenvalue weighted by molar-refractivity contribution is 7.89. The number of anilines is 1. The molecule has 178 valence electrons. The predicted octanol–water partition coefficient (Wildman–Crippen LogP) is 2.37. The van der Waals surface area contributed by atoms with Gasteiger partial charge in [0.1, 0.15) is 17.5 Å². The first kappa shape index (κ1) is 23.9. The van der Waals surface area contributed by atoms with Crippen LogP contribution in [0.25, 0.3) is 0 Å². The maximum atomic E-state index is 14.1. The molecule has 0 unspecified atom stereocenters. The zero-order valence-electron chi connectivity index (χ0n) is 18.0. The number of hydrogen-bond acceptors (Lipinski definition) is 3. The molecule has 4 rings (SSSR count). The summed E-state index contributed by atoms with van der Waals surface area (Å²) >= 11 is 0. The van der Waals surface area contributed by atoms with Gasteiger partial charge in [-0.2, -0.15) is 4.31 Å². The number of carbonyl (C=O) groups is 1. The van der Waals surface area contributed by atoms with Crippen molar-refractivity contribution in [1.82, 2.24) is 4.31 Å². The van der Waals surface area contributed by atoms with Crippen molar-refractivity contribution in [2.75, 3.05) is 31.5 Å². The lowest BCUT2D eigenvalue weighted by Crippen LogP contribution is -3.16. The minimum atomic E-state index is -4.38. The van der Waals surface area contributed by atoms with E-state index in [9.17, 15) is 26.4 Å². The molecule has 0 radical (unpaired) electrons. The van der Waals surface area contributed by atoms with E-state index >= 15 is 0 Å². The summed E-state index contributed by atoms with van der Waals surface area (Å²) in [5, 5.41) is 2.79. The van der Waals surface area contributed by atoms with Crippen LogP contribution >= 0.6 is 0 Å². The lowest BCUT2D eigenvalue weighted by molar-refractivity contribution is -0.925. The van der Waals surface area contributed by atoms with E-state index < -0.39 is 38.4 Å². The Balaban J connectivity index is 1.54. The smallest absolute Gasteiger partial charge is 0.287 e. The van der Waals surface area contributed by atoms with Crippen LogP contribution in [0.4, 0.5) is 18.9 Å². The Kier molecular flexibility index (Phi) is 7.01. The van der Waals surface area contributed by atoms with Gasteiger partial charge in [0.25, 0.3) is 5.91 Å². The third kappa shape index (κ3) is 4.98. The van der Waals surface area contributed by atoms with Crippen molar-refractivity contribution in [3.05, 3.63) is 95.8 Å². The van der Waals surface area contributed by atoms with Crippen molar-refractivity contribution in [3.63, 3.8) is 0 Å². The molecular formula is C24H23F3N3O3S+. The van der Waals surface area contributed by atoms with Crippen molar-refractivity contribution in [3.8, 4) is 0 Å². The predicted molar refractivity (Wildman–Crippen MR) is 120 cm³/mol. The van der Waals surface area contributed by atoms with Crippen LogP contribution in [0.2, 0.25) is 0 Å². The molecule has 1 atom stereocenters. The molecule has 1 aliphatic heterocycles. The lowest BCUT2D eigenvalue weighted by atomic mass is 10.0. The van der Waals surface area contributed by atoms with Crippen molar-refractivity contribution in [2.24, 2.45) is 0 Å². The fourth-order valence-electron chi connectivity index (χ4n) is 4.13. The number of quaternary nitrogens is 1. The summed E-state index contributed by atoms with van der Waals surface area (Å²) in [4.78, 5) is 13.1. The van der Waals surface area contributed by atoms with E-state index in [1.54, 1.807) is 24.3 Å². The van der Waals surface area contributed by atoms with Gasteiger partial charge in [0.2, 0.25) is 10.0 Å². The Morgan fingerprint density at radius 2 is 1.44 bits per heavy atom. The van der Waals surface area contributed by atoms with Gasteiger partial charge in [-0.1, -0.05) is 36.4 Å². The second-order valence-corrected chi connectivity index (χ2v) is 9.83. The molecule has 1 saturated heterocycles. The summed E-state index contributed by atoms with van der Waals surface area (Å²) in [5.41, 5.74) is 1.16. The second kappa shape index (κ2) is 9.96. The molecule has 6 nitrogen and oxygen atoms in total. The van der Waals surface area contributed by atoms with E-state index in [2.05, 4.69) is 5.32 Å². The molecular weight excluding hydrogens is 467 g/mol. The Morgan fingerprint density at radius 3 is 2.03 bits per heavy atom. The maximum Gasteiger partial charge on any atom is 0.287 e. The van der Waals surface area contributed by atoms with Gasteiger partial charge in [-0.05, 0) is 36.4 Å². The van der Waals surface area contributed by atoms with Gasteiger partial charge in [-0.25, -0.2) is 21.6 Å². The highest BCUT2D eigenvalue weighted by atomic mass is 32.2. The van der Waals surface area contributed by atoms with Gasteiger partial charge < -0.3 is 10.2 Å². The number of sulfonamides is 1. The van der Waals surface area contributed by atoms with E-state index in [4.69, 9.17) is 0 Å². The van der Waals surface area contributed by atoms with Crippen LogP contribution in [0, 0.1) is 17.5 Å². The van der Waals surface area contributed by atoms with E-state index in [1.165, 1.54) is 24.3 Å². The fraction of sp³-hybridized carbons (Fsp3) is 0.208. The van der Waals surface area contributed by atoms with E-state index in [0.29, 0.717) is 5.69 Å². The van der Waals surface area contributed by atoms with Gasteiger partial charge in [0.05, 0.1) is 26.2 Å². The number of benzene rings is 3. The number of halogens is 3. The molecule has 0 aliphatic carbocycles. The van der Waals surface area contributed by atoms with Crippen LogP contribution < -0.4 is 10.2 Å². The summed E-state index contributed by atoms with van der Waals surface area (Å²) in [6, 6.07) is 16.7. The van der Waals surface area contributed by atoms with Crippen LogP contribution in [0.15, 0.2) is 77.7 Å². The van der Waals surface area contributed by atoms with Crippen molar-refractivity contribution in [1.29, 1.82) is 0 Å². The summed E-state index contributed by atoms with van der Waals surface area (Å²) < 4.78 is 68.4. The molecule has 0 aromatic heterocycles. The molecule has 3 aromatic carbocycles. The first-order valence-electron chi connectivity index (χ1n) is 10.7. The standard InChI is InChI=1S/C24H22F3N3O3S/c25-18-9-11-19(12-10-18)28-24(31)22(17-5-2-1-3-6-17)29-13-15-30(16-14-29)34(32,33)23-20(26)7-4-8-21(23)27/h1-12,22H,13-16H2,(H,28,31)/p+1/t22-/m1/s1. The largest absolute Gasteiger partial charge is 0.321 e. The number of nitrogens with zero attached hydrogens (tertiary/aromatic N) is 1. The van der Waals surface area contributed by atoms with Crippen molar-refractivity contribution in [2.45, 2.75) is 10.9 Å². The van der Waals surface area contributed by atoms with Crippen LogP contribution in [0.1, 0.15) is 11.6 Å². The zero-order valence-corrected chi connectivity index (χ0v) is 18.9. The number of carbonyl (C=O) groups excluding carboxylic acids is 1. The molecule has 3 aromatic rings. The Morgan fingerprint density at radius 1 is 0.853 bits per heavy atom. The number of rotatable bonds is 6. The summed E-state index contributed by atoms with van der Waals surface area (Å²) in [6.07, 6.45) is 0. The quantitative estimate of drug-likeness (QED) is 0.558. The highest BCUT2D eigenvalue weighted by Crippen LogP contribution is 2.23. The van der Waals surface area contributed by atoms with Gasteiger partial charge in [0, 0.05) is 11.3 Å². The third-order valence-electron chi connectivity index (χ3n) is 5.80. The average Bonchev–Trinajstić information content (AvgIpc) is 2.81. The summed E-state index contributed by atoms with van der Waals surface area (Å²) in [5.74, 6) is -3.04. The first-order valence-corrected chi connectivity index (χ1v) is 12.1. The van der Waals surface area contributed by atoms with E-state index in [-0.39, 0.29) is 32.1 Å². The number of nitrogens with one attached hydrogen (secondary N) is 2. The highest BCUT2D eigenvalue weighted by Gasteiger charge is 2.39. The molecule has 1 heterocycles. The maximum absolute atomic E-state index is 14.1. The summed E-state index contributed by atoms with van der Waals surface area (Å²) in [6.45, 7) is 0.453. The summed E-state index contributed by atoms with van der Waals surface area (Å²) in [7, 11) is -4.38. The molecule has 0 saturated carbocycles. The average molecular weight is 491 g/mol.